The van der Waals surface area contributed by atoms with E-state index in [1.807, 2.05) is 0 Å². The summed E-state index contributed by atoms with van der Waals surface area (Å²) < 4.78 is 5.49. The van der Waals surface area contributed by atoms with Crippen LogP contribution < -0.4 is 5.73 Å². The van der Waals surface area contributed by atoms with Gasteiger partial charge in [-0.3, -0.25) is 4.90 Å². The van der Waals surface area contributed by atoms with Crippen molar-refractivity contribution < 1.29 is 4.74 Å². The lowest BCUT2D eigenvalue weighted by Gasteiger charge is -2.36. The molecule has 0 aromatic carbocycles. The van der Waals surface area contributed by atoms with Crippen molar-refractivity contribution in [3.05, 3.63) is 0 Å². The number of hydrogen-bond acceptors (Lipinski definition) is 3. The number of nitrogens with zero attached hydrogens (tertiary/aromatic N) is 1. The molecule has 0 aromatic rings. The van der Waals surface area contributed by atoms with Crippen LogP contribution in [0.4, 0.5) is 0 Å². The molecular formula is C9H20N2O. The molecule has 0 bridgehead atoms. The van der Waals surface area contributed by atoms with Crippen LogP contribution in [0.5, 0.6) is 0 Å². The molecule has 2 unspecified atom stereocenters. The van der Waals surface area contributed by atoms with Gasteiger partial charge in [0.15, 0.2) is 0 Å². The molecule has 0 radical (unpaired) electrons. The van der Waals surface area contributed by atoms with Crippen LogP contribution in [-0.2, 0) is 4.74 Å². The highest BCUT2D eigenvalue weighted by molar-refractivity contribution is 4.75. The molecule has 3 nitrogen and oxygen atoms in total. The van der Waals surface area contributed by atoms with Crippen molar-refractivity contribution in [2.45, 2.75) is 32.4 Å². The third kappa shape index (κ3) is 2.44. The summed E-state index contributed by atoms with van der Waals surface area (Å²) in [5.41, 5.74) is 5.56. The zero-order valence-electron chi connectivity index (χ0n) is 8.12. The second kappa shape index (κ2) is 4.80. The summed E-state index contributed by atoms with van der Waals surface area (Å²) in [5.74, 6) is 0. The molecule has 72 valence electrons. The molecule has 2 N–H and O–H groups in total. The summed E-state index contributed by atoms with van der Waals surface area (Å²) in [5, 5.41) is 0. The Bertz CT molecular complexity index is 128. The zero-order valence-corrected chi connectivity index (χ0v) is 8.12. The largest absolute Gasteiger partial charge is 0.374 e. The Morgan fingerprint density at radius 3 is 3.00 bits per heavy atom. The van der Waals surface area contributed by atoms with Crippen LogP contribution in [0.2, 0.25) is 0 Å². The first-order valence-electron chi connectivity index (χ1n) is 4.83. The zero-order chi connectivity index (χ0) is 8.97. The van der Waals surface area contributed by atoms with Crippen LogP contribution in [0.15, 0.2) is 0 Å². The van der Waals surface area contributed by atoms with Crippen molar-refractivity contribution in [3.63, 3.8) is 0 Å². The van der Waals surface area contributed by atoms with E-state index in [4.69, 9.17) is 10.5 Å². The Hall–Kier alpha value is -0.120. The van der Waals surface area contributed by atoms with Gasteiger partial charge >= 0.3 is 0 Å². The lowest BCUT2D eigenvalue weighted by Crippen LogP contribution is -2.48. The molecule has 1 heterocycles. The van der Waals surface area contributed by atoms with Crippen molar-refractivity contribution in [3.8, 4) is 0 Å². The molecule has 0 aliphatic carbocycles. The molecule has 1 fully saturated rings. The van der Waals surface area contributed by atoms with E-state index in [1.165, 1.54) is 6.42 Å². The maximum atomic E-state index is 5.56. The smallest absolute Gasteiger partial charge is 0.0824 e. The van der Waals surface area contributed by atoms with Crippen molar-refractivity contribution in [2.24, 2.45) is 5.73 Å². The molecule has 0 spiro atoms. The highest BCUT2D eigenvalue weighted by Gasteiger charge is 2.21. The third-order valence-corrected chi connectivity index (χ3v) is 2.65. The lowest BCUT2D eigenvalue weighted by atomic mass is 10.2. The van der Waals surface area contributed by atoms with E-state index < -0.39 is 0 Å². The number of nitrogens with two attached hydrogens (primary N) is 1. The minimum absolute atomic E-state index is 0.257. The van der Waals surface area contributed by atoms with E-state index in [-0.39, 0.29) is 6.10 Å². The molecule has 1 rings (SSSR count). The molecule has 1 saturated heterocycles. The molecule has 0 amide bonds. The van der Waals surface area contributed by atoms with E-state index in [9.17, 15) is 0 Å². The number of rotatable bonds is 3. The molecule has 1 aliphatic rings. The van der Waals surface area contributed by atoms with E-state index in [0.29, 0.717) is 12.6 Å². The second-order valence-corrected chi connectivity index (χ2v) is 3.48. The Kier molecular flexibility index (Phi) is 3.98. The summed E-state index contributed by atoms with van der Waals surface area (Å²) >= 11 is 0. The molecule has 2 atom stereocenters. The number of hydrogen-bond donors (Lipinski definition) is 1. The Balaban J connectivity index is 2.34. The van der Waals surface area contributed by atoms with Crippen LogP contribution in [0.3, 0.4) is 0 Å². The average molecular weight is 172 g/mol. The second-order valence-electron chi connectivity index (χ2n) is 3.48. The lowest BCUT2D eigenvalue weighted by molar-refractivity contribution is -0.0363. The van der Waals surface area contributed by atoms with Gasteiger partial charge in [-0.25, -0.2) is 0 Å². The van der Waals surface area contributed by atoms with Crippen LogP contribution in [0, 0.1) is 0 Å². The summed E-state index contributed by atoms with van der Waals surface area (Å²) in [7, 11) is 0. The highest BCUT2D eigenvalue weighted by Crippen LogP contribution is 2.09. The van der Waals surface area contributed by atoms with Crippen LogP contribution in [0.1, 0.15) is 20.3 Å². The first-order chi connectivity index (χ1) is 5.77. The predicted molar refractivity (Wildman–Crippen MR) is 50.1 cm³/mol. The van der Waals surface area contributed by atoms with Gasteiger partial charge in [0, 0.05) is 25.7 Å². The molecule has 12 heavy (non-hydrogen) atoms. The van der Waals surface area contributed by atoms with Crippen LogP contribution in [0.25, 0.3) is 0 Å². The summed E-state index contributed by atoms with van der Waals surface area (Å²) in [6.07, 6.45) is 1.46. The molecule has 0 saturated carbocycles. The third-order valence-electron chi connectivity index (χ3n) is 2.65. The van der Waals surface area contributed by atoms with Crippen molar-refractivity contribution in [1.82, 2.24) is 4.90 Å². The topological polar surface area (TPSA) is 38.5 Å². The Labute approximate surface area is 74.9 Å². The van der Waals surface area contributed by atoms with Gasteiger partial charge in [0.1, 0.15) is 0 Å². The number of morpholine rings is 1. The minimum atomic E-state index is 0.257. The van der Waals surface area contributed by atoms with Crippen LogP contribution in [-0.4, -0.2) is 43.3 Å². The summed E-state index contributed by atoms with van der Waals surface area (Å²) in [6.45, 7) is 8.03. The van der Waals surface area contributed by atoms with Crippen molar-refractivity contribution >= 4 is 0 Å². The first kappa shape index (κ1) is 9.96. The van der Waals surface area contributed by atoms with Gasteiger partial charge < -0.3 is 10.5 Å². The van der Waals surface area contributed by atoms with Gasteiger partial charge in [0.25, 0.3) is 0 Å². The van der Waals surface area contributed by atoms with Crippen LogP contribution >= 0.6 is 0 Å². The quantitative estimate of drug-likeness (QED) is 0.671. The molecule has 1 aliphatic heterocycles. The maximum Gasteiger partial charge on any atom is 0.0824 e. The van der Waals surface area contributed by atoms with Gasteiger partial charge in [-0.2, -0.15) is 0 Å². The van der Waals surface area contributed by atoms with Gasteiger partial charge in [-0.1, -0.05) is 6.92 Å². The maximum absolute atomic E-state index is 5.56. The molecular weight excluding hydrogens is 152 g/mol. The SMILES string of the molecule is CCC(C)N1CCOC(CN)C1. The normalized spacial score (nSPS) is 28.8. The molecule has 0 aromatic heterocycles. The van der Waals surface area contributed by atoms with Gasteiger partial charge in [-0.05, 0) is 13.3 Å². The first-order valence-corrected chi connectivity index (χ1v) is 4.83. The predicted octanol–water partition coefficient (Wildman–Crippen LogP) is 0.444. The van der Waals surface area contributed by atoms with Crippen molar-refractivity contribution in [1.29, 1.82) is 0 Å². The van der Waals surface area contributed by atoms with E-state index in [2.05, 4.69) is 18.7 Å². The van der Waals surface area contributed by atoms with Crippen molar-refractivity contribution in [2.75, 3.05) is 26.2 Å². The van der Waals surface area contributed by atoms with E-state index in [0.717, 1.165) is 19.7 Å². The fourth-order valence-electron chi connectivity index (χ4n) is 1.54. The van der Waals surface area contributed by atoms with Gasteiger partial charge in [0.2, 0.25) is 0 Å². The Morgan fingerprint density at radius 1 is 1.67 bits per heavy atom. The highest BCUT2D eigenvalue weighted by atomic mass is 16.5. The minimum Gasteiger partial charge on any atom is -0.374 e. The average Bonchev–Trinajstić information content (AvgIpc) is 2.17. The van der Waals surface area contributed by atoms with E-state index >= 15 is 0 Å². The fourth-order valence-corrected chi connectivity index (χ4v) is 1.54. The van der Waals surface area contributed by atoms with Gasteiger partial charge in [-0.15, -0.1) is 0 Å². The monoisotopic (exact) mass is 172 g/mol. The summed E-state index contributed by atoms with van der Waals surface area (Å²) in [6, 6.07) is 0.669. The van der Waals surface area contributed by atoms with E-state index in [1.54, 1.807) is 0 Å². The standard InChI is InChI=1S/C9H20N2O/c1-3-8(2)11-4-5-12-9(6-10)7-11/h8-9H,3-7,10H2,1-2H3. The molecule has 3 heteroatoms. The number of ether oxygens (including phenoxy) is 1. The Morgan fingerprint density at radius 2 is 2.42 bits per heavy atom. The fraction of sp³-hybridized carbons (Fsp3) is 1.00. The van der Waals surface area contributed by atoms with Gasteiger partial charge in [0.05, 0.1) is 12.7 Å². The summed E-state index contributed by atoms with van der Waals surface area (Å²) in [4.78, 5) is 2.46.